The molecule has 1 N–H and O–H groups in total. The van der Waals surface area contributed by atoms with Crippen LogP contribution in [0.3, 0.4) is 0 Å². The third-order valence-electron chi connectivity index (χ3n) is 2.97. The average Bonchev–Trinajstić information content (AvgIpc) is 2.41. The van der Waals surface area contributed by atoms with Crippen molar-refractivity contribution in [2.45, 2.75) is 33.1 Å². The molecule has 1 heterocycles. The second-order valence-corrected chi connectivity index (χ2v) is 4.65. The van der Waals surface area contributed by atoms with Crippen LogP contribution in [0, 0.1) is 6.92 Å². The molecular weight excluding hydrogens is 238 g/mol. The van der Waals surface area contributed by atoms with E-state index in [1.54, 1.807) is 6.92 Å². The summed E-state index contributed by atoms with van der Waals surface area (Å²) in [5.74, 6) is 0. The molecule has 0 saturated heterocycles. The Morgan fingerprint density at radius 3 is 2.63 bits per heavy atom. The van der Waals surface area contributed by atoms with Crippen molar-refractivity contribution in [1.82, 2.24) is 9.66 Å². The molecule has 0 spiro atoms. The van der Waals surface area contributed by atoms with Gasteiger partial charge in [-0.3, -0.25) is 10.2 Å². The molecule has 4 nitrogen and oxygen atoms in total. The van der Waals surface area contributed by atoms with Gasteiger partial charge < -0.3 is 0 Å². The topological polar surface area (TPSA) is 46.9 Å². The summed E-state index contributed by atoms with van der Waals surface area (Å²) >= 11 is 0. The molecule has 2 aromatic rings. The lowest BCUT2D eigenvalue weighted by Crippen LogP contribution is -2.26. The normalized spacial score (nSPS) is 10.4. The third-order valence-corrected chi connectivity index (χ3v) is 2.97. The van der Waals surface area contributed by atoms with Gasteiger partial charge in [0.25, 0.3) is 5.56 Å². The molecule has 1 aromatic heterocycles. The first-order chi connectivity index (χ1) is 9.19. The molecule has 0 amide bonds. The van der Waals surface area contributed by atoms with Crippen LogP contribution in [0.1, 0.15) is 31.0 Å². The molecule has 0 fully saturated rings. The van der Waals surface area contributed by atoms with Gasteiger partial charge in [0, 0.05) is 11.8 Å². The Labute approximate surface area is 113 Å². The minimum absolute atomic E-state index is 0.109. The Morgan fingerprint density at radius 1 is 1.26 bits per heavy atom. The predicted octanol–water partition coefficient (Wildman–Crippen LogP) is 2.77. The maximum atomic E-state index is 11.7. The van der Waals surface area contributed by atoms with Gasteiger partial charge in [-0.1, -0.05) is 25.5 Å². The molecule has 0 unspecified atom stereocenters. The van der Waals surface area contributed by atoms with Gasteiger partial charge in [0.05, 0.1) is 5.69 Å². The number of benzene rings is 1. The fourth-order valence-corrected chi connectivity index (χ4v) is 1.84. The summed E-state index contributed by atoms with van der Waals surface area (Å²) in [4.78, 5) is 15.8. The first kappa shape index (κ1) is 13.3. The van der Waals surface area contributed by atoms with Crippen LogP contribution < -0.4 is 11.0 Å². The molecule has 0 aliphatic carbocycles. The Balaban J connectivity index is 2.08. The van der Waals surface area contributed by atoms with Crippen molar-refractivity contribution < 1.29 is 0 Å². The Kier molecular flexibility index (Phi) is 4.34. The highest BCUT2D eigenvalue weighted by atomic mass is 16.1. The highest BCUT2D eigenvalue weighted by Gasteiger charge is 1.98. The maximum Gasteiger partial charge on any atom is 0.272 e. The molecule has 0 bridgehead atoms. The van der Waals surface area contributed by atoms with E-state index in [-0.39, 0.29) is 5.56 Å². The standard InChI is InChI=1S/C15H19N3O/c1-3-4-5-13-6-8-14(9-7-13)17-18-11-16-12(2)10-15(18)19/h6-11,17H,3-5H2,1-2H3. The Hall–Kier alpha value is -2.10. The number of aryl methyl sites for hydroxylation is 2. The number of aromatic nitrogens is 2. The molecule has 2 rings (SSSR count). The monoisotopic (exact) mass is 257 g/mol. The average molecular weight is 257 g/mol. The van der Waals surface area contributed by atoms with E-state index in [9.17, 15) is 4.79 Å². The summed E-state index contributed by atoms with van der Waals surface area (Å²) in [6.07, 6.45) is 5.00. The van der Waals surface area contributed by atoms with Crippen LogP contribution in [0.2, 0.25) is 0 Å². The highest BCUT2D eigenvalue weighted by Crippen LogP contribution is 2.11. The van der Waals surface area contributed by atoms with Gasteiger partial charge in [-0.2, -0.15) is 0 Å². The van der Waals surface area contributed by atoms with Crippen LogP contribution in [0.25, 0.3) is 0 Å². The second-order valence-electron chi connectivity index (χ2n) is 4.65. The predicted molar refractivity (Wildman–Crippen MR) is 77.3 cm³/mol. The van der Waals surface area contributed by atoms with Crippen molar-refractivity contribution in [2.24, 2.45) is 0 Å². The molecular formula is C15H19N3O. The molecule has 4 heteroatoms. The quantitative estimate of drug-likeness (QED) is 0.896. The smallest absolute Gasteiger partial charge is 0.272 e. The summed E-state index contributed by atoms with van der Waals surface area (Å²) in [6.45, 7) is 3.99. The summed E-state index contributed by atoms with van der Waals surface area (Å²) in [5, 5.41) is 0. The zero-order valence-corrected chi connectivity index (χ0v) is 11.4. The molecule has 0 aliphatic heterocycles. The van der Waals surface area contributed by atoms with Crippen LogP contribution in [-0.4, -0.2) is 9.66 Å². The largest absolute Gasteiger partial charge is 0.290 e. The van der Waals surface area contributed by atoms with Gasteiger partial charge in [-0.15, -0.1) is 0 Å². The van der Waals surface area contributed by atoms with E-state index in [4.69, 9.17) is 0 Å². The fraction of sp³-hybridized carbons (Fsp3) is 0.333. The summed E-state index contributed by atoms with van der Waals surface area (Å²) in [6, 6.07) is 9.65. The molecule has 0 saturated carbocycles. The van der Waals surface area contributed by atoms with Crippen LogP contribution in [0.4, 0.5) is 5.69 Å². The van der Waals surface area contributed by atoms with Crippen molar-refractivity contribution >= 4 is 5.69 Å². The summed E-state index contributed by atoms with van der Waals surface area (Å²) in [5.41, 5.74) is 5.84. The number of unbranched alkanes of at least 4 members (excludes halogenated alkanes) is 1. The van der Waals surface area contributed by atoms with E-state index in [0.29, 0.717) is 0 Å². The van der Waals surface area contributed by atoms with Crippen molar-refractivity contribution in [3.8, 4) is 0 Å². The number of hydrogen-bond donors (Lipinski definition) is 1. The molecule has 0 atom stereocenters. The molecule has 0 radical (unpaired) electrons. The van der Waals surface area contributed by atoms with Crippen molar-refractivity contribution in [1.29, 1.82) is 0 Å². The Bertz CT molecular complexity index is 587. The minimum atomic E-state index is -0.109. The van der Waals surface area contributed by atoms with Gasteiger partial charge in [0.2, 0.25) is 0 Å². The van der Waals surface area contributed by atoms with Crippen LogP contribution in [0.15, 0.2) is 41.5 Å². The Morgan fingerprint density at radius 2 is 2.00 bits per heavy atom. The number of nitrogens with zero attached hydrogens (tertiary/aromatic N) is 2. The van der Waals surface area contributed by atoms with E-state index < -0.39 is 0 Å². The zero-order chi connectivity index (χ0) is 13.7. The van der Waals surface area contributed by atoms with Crippen LogP contribution in [-0.2, 0) is 6.42 Å². The lowest BCUT2D eigenvalue weighted by Gasteiger charge is -2.09. The lowest BCUT2D eigenvalue weighted by atomic mass is 10.1. The van der Waals surface area contributed by atoms with E-state index in [0.717, 1.165) is 17.8 Å². The molecule has 0 aliphatic rings. The van der Waals surface area contributed by atoms with E-state index in [1.165, 1.54) is 35.5 Å². The lowest BCUT2D eigenvalue weighted by molar-refractivity contribution is 0.794. The van der Waals surface area contributed by atoms with Crippen LogP contribution in [0.5, 0.6) is 0 Å². The zero-order valence-electron chi connectivity index (χ0n) is 11.4. The fourth-order valence-electron chi connectivity index (χ4n) is 1.84. The van der Waals surface area contributed by atoms with E-state index >= 15 is 0 Å². The van der Waals surface area contributed by atoms with Crippen LogP contribution >= 0.6 is 0 Å². The number of hydrogen-bond acceptors (Lipinski definition) is 3. The molecule has 1 aromatic carbocycles. The number of rotatable bonds is 5. The SMILES string of the molecule is CCCCc1ccc(Nn2cnc(C)cc2=O)cc1. The van der Waals surface area contributed by atoms with Crippen molar-refractivity contribution in [2.75, 3.05) is 5.43 Å². The summed E-state index contributed by atoms with van der Waals surface area (Å²) < 4.78 is 1.38. The van der Waals surface area contributed by atoms with Gasteiger partial charge in [-0.05, 0) is 37.5 Å². The first-order valence-electron chi connectivity index (χ1n) is 6.60. The molecule has 19 heavy (non-hydrogen) atoms. The van der Waals surface area contributed by atoms with Crippen molar-refractivity contribution in [3.05, 3.63) is 58.3 Å². The first-order valence-corrected chi connectivity index (χ1v) is 6.60. The minimum Gasteiger partial charge on any atom is -0.290 e. The second kappa shape index (κ2) is 6.18. The van der Waals surface area contributed by atoms with Gasteiger partial charge in [0.1, 0.15) is 6.33 Å². The van der Waals surface area contributed by atoms with Gasteiger partial charge >= 0.3 is 0 Å². The number of nitrogens with one attached hydrogen (secondary N) is 1. The molecule has 100 valence electrons. The highest BCUT2D eigenvalue weighted by molar-refractivity contribution is 5.44. The third kappa shape index (κ3) is 3.68. The summed E-state index contributed by atoms with van der Waals surface area (Å²) in [7, 11) is 0. The van der Waals surface area contributed by atoms with Gasteiger partial charge in [-0.25, -0.2) is 9.66 Å². The van der Waals surface area contributed by atoms with E-state index in [2.05, 4.69) is 29.5 Å². The van der Waals surface area contributed by atoms with Crippen molar-refractivity contribution in [3.63, 3.8) is 0 Å². The maximum absolute atomic E-state index is 11.7. The number of anilines is 1. The van der Waals surface area contributed by atoms with Gasteiger partial charge in [0.15, 0.2) is 0 Å². The van der Waals surface area contributed by atoms with E-state index in [1.807, 2.05) is 12.1 Å².